The molecule has 0 unspecified atom stereocenters. The normalized spacial score (nSPS) is 14.4. The number of hydrogen-bond acceptors (Lipinski definition) is 5. The maximum atomic E-state index is 13.0. The summed E-state index contributed by atoms with van der Waals surface area (Å²) in [7, 11) is -2.42. The van der Waals surface area contributed by atoms with Crippen molar-refractivity contribution >= 4 is 21.7 Å². The molecule has 32 heavy (non-hydrogen) atoms. The van der Waals surface area contributed by atoms with Crippen LogP contribution in [0.3, 0.4) is 0 Å². The summed E-state index contributed by atoms with van der Waals surface area (Å²) < 4.78 is 35.6. The molecule has 0 saturated heterocycles. The van der Waals surface area contributed by atoms with E-state index in [4.69, 9.17) is 4.74 Å². The lowest BCUT2D eigenvalue weighted by Crippen LogP contribution is -2.33. The fourth-order valence-electron chi connectivity index (χ4n) is 3.86. The van der Waals surface area contributed by atoms with Crippen molar-refractivity contribution in [3.8, 4) is 5.75 Å². The van der Waals surface area contributed by atoms with Crippen LogP contribution >= 0.6 is 0 Å². The second-order valence-electron chi connectivity index (χ2n) is 7.78. The number of benzene rings is 2. The first-order valence-corrected chi connectivity index (χ1v) is 12.0. The third kappa shape index (κ3) is 5.00. The summed E-state index contributed by atoms with van der Waals surface area (Å²) in [5, 5.41) is 7.10. The predicted molar refractivity (Wildman–Crippen MR) is 121 cm³/mol. The smallest absolute Gasteiger partial charge is 0.256 e. The summed E-state index contributed by atoms with van der Waals surface area (Å²) in [6.07, 6.45) is 5.24. The van der Waals surface area contributed by atoms with Crippen LogP contribution in [0, 0.1) is 0 Å². The lowest BCUT2D eigenvalue weighted by Gasteiger charge is -2.16. The molecule has 0 bridgehead atoms. The van der Waals surface area contributed by atoms with Gasteiger partial charge in [-0.1, -0.05) is 43.2 Å². The Morgan fingerprint density at radius 2 is 1.88 bits per heavy atom. The number of methoxy groups -OCH3 is 1. The molecule has 2 N–H and O–H groups in total. The number of anilines is 1. The van der Waals surface area contributed by atoms with E-state index in [-0.39, 0.29) is 22.3 Å². The molecule has 1 heterocycles. The van der Waals surface area contributed by atoms with Gasteiger partial charge in [-0.2, -0.15) is 5.10 Å². The Hall–Kier alpha value is -3.17. The Balaban J connectivity index is 1.55. The summed E-state index contributed by atoms with van der Waals surface area (Å²) in [4.78, 5) is 12.9. The van der Waals surface area contributed by atoms with Gasteiger partial charge in [0.2, 0.25) is 10.0 Å². The van der Waals surface area contributed by atoms with Gasteiger partial charge in [-0.15, -0.1) is 0 Å². The third-order valence-electron chi connectivity index (χ3n) is 5.53. The fraction of sp³-hybridized carbons (Fsp3) is 0.304. The maximum absolute atomic E-state index is 13.0. The highest BCUT2D eigenvalue weighted by atomic mass is 32.2. The number of nitrogens with zero attached hydrogens (tertiary/aromatic N) is 2. The lowest BCUT2D eigenvalue weighted by atomic mass is 10.2. The van der Waals surface area contributed by atoms with Crippen molar-refractivity contribution in [3.05, 3.63) is 71.9 Å². The number of carbonyl (C=O) groups excluding carboxylic acids is 1. The highest BCUT2D eigenvalue weighted by molar-refractivity contribution is 7.89. The second-order valence-corrected chi connectivity index (χ2v) is 9.46. The number of sulfonamides is 1. The Labute approximate surface area is 187 Å². The monoisotopic (exact) mass is 454 g/mol. The van der Waals surface area contributed by atoms with Crippen LogP contribution in [0.25, 0.3) is 0 Å². The molecule has 0 spiro atoms. The maximum Gasteiger partial charge on any atom is 0.256 e. The topological polar surface area (TPSA) is 102 Å². The first kappa shape index (κ1) is 22.0. The van der Waals surface area contributed by atoms with Gasteiger partial charge in [0.1, 0.15) is 16.5 Å². The van der Waals surface area contributed by atoms with E-state index in [9.17, 15) is 13.2 Å². The molecule has 0 atom stereocenters. The van der Waals surface area contributed by atoms with Gasteiger partial charge in [0, 0.05) is 17.7 Å². The number of aromatic nitrogens is 2. The van der Waals surface area contributed by atoms with Gasteiger partial charge >= 0.3 is 0 Å². The number of nitrogens with one attached hydrogen (secondary N) is 2. The van der Waals surface area contributed by atoms with E-state index in [1.54, 1.807) is 23.0 Å². The first-order chi connectivity index (χ1) is 15.5. The molecule has 1 aromatic heterocycles. The summed E-state index contributed by atoms with van der Waals surface area (Å²) in [5.74, 6) is 0.282. The second kappa shape index (κ2) is 9.54. The van der Waals surface area contributed by atoms with Crippen LogP contribution in [0.2, 0.25) is 0 Å². The minimum absolute atomic E-state index is 0.0441. The molecule has 3 aromatic rings. The van der Waals surface area contributed by atoms with Crippen molar-refractivity contribution in [2.45, 2.75) is 43.2 Å². The SMILES string of the molecule is COc1ccc(C(=O)Nc2ccnn2Cc2ccccc2)cc1S(=O)(=O)NC1CCCC1. The Bertz CT molecular complexity index is 1190. The summed E-state index contributed by atoms with van der Waals surface area (Å²) in [6, 6.07) is 15.8. The molecule has 8 nitrogen and oxygen atoms in total. The van der Waals surface area contributed by atoms with Crippen molar-refractivity contribution in [2.75, 3.05) is 12.4 Å². The molecule has 0 radical (unpaired) electrons. The van der Waals surface area contributed by atoms with Crippen molar-refractivity contribution in [1.82, 2.24) is 14.5 Å². The molecular weight excluding hydrogens is 428 g/mol. The fourth-order valence-corrected chi connectivity index (χ4v) is 5.36. The molecule has 1 saturated carbocycles. The largest absolute Gasteiger partial charge is 0.495 e. The zero-order valence-electron chi connectivity index (χ0n) is 17.8. The van der Waals surface area contributed by atoms with E-state index in [2.05, 4.69) is 15.1 Å². The zero-order chi connectivity index (χ0) is 22.6. The van der Waals surface area contributed by atoms with Crippen LogP contribution in [-0.2, 0) is 16.6 Å². The van der Waals surface area contributed by atoms with Crippen molar-refractivity contribution in [1.29, 1.82) is 0 Å². The van der Waals surface area contributed by atoms with Crippen LogP contribution < -0.4 is 14.8 Å². The van der Waals surface area contributed by atoms with E-state index >= 15 is 0 Å². The highest BCUT2D eigenvalue weighted by Gasteiger charge is 2.26. The average molecular weight is 455 g/mol. The Morgan fingerprint density at radius 3 is 2.59 bits per heavy atom. The average Bonchev–Trinajstić information content (AvgIpc) is 3.46. The molecular formula is C23H26N4O4S. The molecule has 1 fully saturated rings. The summed E-state index contributed by atoms with van der Waals surface area (Å²) in [5.41, 5.74) is 1.26. The van der Waals surface area contributed by atoms with Gasteiger partial charge in [-0.25, -0.2) is 17.8 Å². The minimum Gasteiger partial charge on any atom is -0.495 e. The van der Waals surface area contributed by atoms with E-state index < -0.39 is 15.9 Å². The molecule has 1 aliphatic rings. The number of ether oxygens (including phenoxy) is 1. The van der Waals surface area contributed by atoms with Gasteiger partial charge in [-0.3, -0.25) is 4.79 Å². The molecule has 1 aliphatic carbocycles. The molecule has 168 valence electrons. The van der Waals surface area contributed by atoms with Crippen molar-refractivity contribution in [3.63, 3.8) is 0 Å². The predicted octanol–water partition coefficient (Wildman–Crippen LogP) is 3.41. The van der Waals surface area contributed by atoms with Crippen molar-refractivity contribution in [2.24, 2.45) is 0 Å². The molecule has 2 aromatic carbocycles. The Morgan fingerprint density at radius 1 is 1.12 bits per heavy atom. The molecule has 0 aliphatic heterocycles. The number of rotatable bonds is 8. The van der Waals surface area contributed by atoms with Gasteiger partial charge in [0.15, 0.2) is 0 Å². The van der Waals surface area contributed by atoms with Crippen LogP contribution in [0.1, 0.15) is 41.6 Å². The number of carbonyl (C=O) groups is 1. The lowest BCUT2D eigenvalue weighted by molar-refractivity contribution is 0.102. The van der Waals surface area contributed by atoms with E-state index in [1.165, 1.54) is 19.2 Å². The standard InChI is InChI=1S/C23H26N4O4S/c1-31-20-12-11-18(15-21(20)32(29,30)26-19-9-5-6-10-19)23(28)25-22-13-14-24-27(22)16-17-7-3-2-4-8-17/h2-4,7-8,11-15,19,26H,5-6,9-10,16H2,1H3,(H,25,28). The highest BCUT2D eigenvalue weighted by Crippen LogP contribution is 2.27. The van der Waals surface area contributed by atoms with Crippen LogP contribution in [-0.4, -0.2) is 37.3 Å². The van der Waals surface area contributed by atoms with Crippen LogP contribution in [0.15, 0.2) is 65.7 Å². The van der Waals surface area contributed by atoms with Gasteiger partial charge < -0.3 is 10.1 Å². The van der Waals surface area contributed by atoms with Gasteiger partial charge in [0.25, 0.3) is 5.91 Å². The van der Waals surface area contributed by atoms with E-state index in [0.717, 1.165) is 31.2 Å². The third-order valence-corrected chi connectivity index (χ3v) is 7.07. The summed E-state index contributed by atoms with van der Waals surface area (Å²) >= 11 is 0. The van der Waals surface area contributed by atoms with Crippen molar-refractivity contribution < 1.29 is 17.9 Å². The number of amides is 1. The first-order valence-electron chi connectivity index (χ1n) is 10.5. The number of hydrogen-bond donors (Lipinski definition) is 2. The minimum atomic E-state index is -3.83. The molecule has 9 heteroatoms. The van der Waals surface area contributed by atoms with E-state index in [1.807, 2.05) is 30.3 Å². The summed E-state index contributed by atoms with van der Waals surface area (Å²) in [6.45, 7) is 0.497. The Kier molecular flexibility index (Phi) is 6.57. The quantitative estimate of drug-likeness (QED) is 0.543. The van der Waals surface area contributed by atoms with E-state index in [0.29, 0.717) is 12.4 Å². The molecule has 4 rings (SSSR count). The van der Waals surface area contributed by atoms with Gasteiger partial charge in [-0.05, 0) is 36.6 Å². The molecule has 1 amide bonds. The van der Waals surface area contributed by atoms with Gasteiger partial charge in [0.05, 0.1) is 19.9 Å². The zero-order valence-corrected chi connectivity index (χ0v) is 18.6. The van der Waals surface area contributed by atoms with Crippen LogP contribution in [0.4, 0.5) is 5.82 Å². The van der Waals surface area contributed by atoms with Crippen LogP contribution in [0.5, 0.6) is 5.75 Å².